The van der Waals surface area contributed by atoms with E-state index >= 15 is 0 Å². The molecule has 1 aromatic heterocycles. The van der Waals surface area contributed by atoms with Gasteiger partial charge in [0.15, 0.2) is 0 Å². The minimum Gasteiger partial charge on any atom is -0.391 e. The standard InChI is InChI=1S/C11H15NO2/c1-7-2-3-8-5-9(6-13)11(14)12-10(8)4-7/h5,7,13H,2-4,6H2,1H3,(H,12,14). The first-order valence-electron chi connectivity index (χ1n) is 5.05. The van der Waals surface area contributed by atoms with Gasteiger partial charge in [0.05, 0.1) is 6.61 Å². The normalized spacial score (nSPS) is 20.6. The third kappa shape index (κ3) is 1.60. The average molecular weight is 193 g/mol. The van der Waals surface area contributed by atoms with E-state index in [2.05, 4.69) is 11.9 Å². The van der Waals surface area contributed by atoms with Gasteiger partial charge in [-0.15, -0.1) is 0 Å². The fraction of sp³-hybridized carbons (Fsp3) is 0.545. The van der Waals surface area contributed by atoms with E-state index in [1.807, 2.05) is 6.07 Å². The molecular weight excluding hydrogens is 178 g/mol. The summed E-state index contributed by atoms with van der Waals surface area (Å²) in [6, 6.07) is 1.85. The molecule has 14 heavy (non-hydrogen) atoms. The molecule has 3 nitrogen and oxygen atoms in total. The maximum absolute atomic E-state index is 11.4. The van der Waals surface area contributed by atoms with Gasteiger partial charge < -0.3 is 10.1 Å². The monoisotopic (exact) mass is 193 g/mol. The Labute approximate surface area is 82.8 Å². The number of nitrogens with one attached hydrogen (secondary N) is 1. The predicted octanol–water partition coefficient (Wildman–Crippen LogP) is 0.992. The van der Waals surface area contributed by atoms with E-state index in [1.54, 1.807) is 0 Å². The average Bonchev–Trinajstić information content (AvgIpc) is 2.16. The zero-order valence-electron chi connectivity index (χ0n) is 8.34. The smallest absolute Gasteiger partial charge is 0.253 e. The van der Waals surface area contributed by atoms with Crippen molar-refractivity contribution in [2.75, 3.05) is 0 Å². The third-order valence-electron chi connectivity index (χ3n) is 2.92. The van der Waals surface area contributed by atoms with Crippen molar-refractivity contribution in [3.05, 3.63) is 33.2 Å². The van der Waals surface area contributed by atoms with Gasteiger partial charge in [-0.3, -0.25) is 4.79 Å². The SMILES string of the molecule is CC1CCc2cc(CO)c(=O)[nH]c2C1. The van der Waals surface area contributed by atoms with Crippen LogP contribution < -0.4 is 5.56 Å². The lowest BCUT2D eigenvalue weighted by atomic mass is 9.88. The Balaban J connectivity index is 2.46. The highest BCUT2D eigenvalue weighted by molar-refractivity contribution is 5.27. The van der Waals surface area contributed by atoms with Crippen molar-refractivity contribution < 1.29 is 5.11 Å². The van der Waals surface area contributed by atoms with Crippen LogP contribution in [0.15, 0.2) is 10.9 Å². The highest BCUT2D eigenvalue weighted by Crippen LogP contribution is 2.22. The number of aromatic amines is 1. The number of rotatable bonds is 1. The number of aliphatic hydroxyl groups is 1. The van der Waals surface area contributed by atoms with Gasteiger partial charge in [0, 0.05) is 11.3 Å². The topological polar surface area (TPSA) is 53.1 Å². The fourth-order valence-corrected chi connectivity index (χ4v) is 2.04. The molecule has 0 spiro atoms. The first-order chi connectivity index (χ1) is 6.70. The number of aromatic nitrogens is 1. The van der Waals surface area contributed by atoms with E-state index in [4.69, 9.17) is 5.11 Å². The van der Waals surface area contributed by atoms with Crippen LogP contribution in [0, 0.1) is 5.92 Å². The summed E-state index contributed by atoms with van der Waals surface area (Å²) in [6.45, 7) is 2.03. The largest absolute Gasteiger partial charge is 0.391 e. The lowest BCUT2D eigenvalue weighted by Gasteiger charge is -2.21. The molecule has 0 aromatic carbocycles. The summed E-state index contributed by atoms with van der Waals surface area (Å²) >= 11 is 0. The number of hydrogen-bond donors (Lipinski definition) is 2. The number of aryl methyl sites for hydroxylation is 1. The van der Waals surface area contributed by atoms with Gasteiger partial charge in [-0.2, -0.15) is 0 Å². The van der Waals surface area contributed by atoms with Gasteiger partial charge in [-0.1, -0.05) is 6.92 Å². The van der Waals surface area contributed by atoms with Gasteiger partial charge in [-0.05, 0) is 36.8 Å². The number of pyridine rings is 1. The van der Waals surface area contributed by atoms with Crippen molar-refractivity contribution in [3.63, 3.8) is 0 Å². The number of fused-ring (bicyclic) bond motifs is 1. The molecule has 0 amide bonds. The molecule has 3 heteroatoms. The Morgan fingerprint density at radius 3 is 3.14 bits per heavy atom. The second kappa shape index (κ2) is 3.58. The summed E-state index contributed by atoms with van der Waals surface area (Å²) in [6.07, 6.45) is 3.14. The molecule has 1 heterocycles. The molecule has 1 aliphatic rings. The number of aliphatic hydroxyl groups excluding tert-OH is 1. The van der Waals surface area contributed by atoms with Gasteiger partial charge >= 0.3 is 0 Å². The number of hydrogen-bond acceptors (Lipinski definition) is 2. The predicted molar refractivity (Wildman–Crippen MR) is 54.2 cm³/mol. The lowest BCUT2D eigenvalue weighted by Crippen LogP contribution is -2.21. The van der Waals surface area contributed by atoms with Crippen molar-refractivity contribution in [1.29, 1.82) is 0 Å². The summed E-state index contributed by atoms with van der Waals surface area (Å²) in [4.78, 5) is 14.3. The van der Waals surface area contributed by atoms with Crippen LogP contribution in [0.1, 0.15) is 30.2 Å². The van der Waals surface area contributed by atoms with E-state index in [0.29, 0.717) is 11.5 Å². The second-order valence-corrected chi connectivity index (χ2v) is 4.13. The molecular formula is C11H15NO2. The molecule has 2 rings (SSSR count). The summed E-state index contributed by atoms with van der Waals surface area (Å²) in [7, 11) is 0. The van der Waals surface area contributed by atoms with Crippen molar-refractivity contribution in [2.45, 2.75) is 32.8 Å². The molecule has 0 saturated carbocycles. The van der Waals surface area contributed by atoms with E-state index in [-0.39, 0.29) is 12.2 Å². The van der Waals surface area contributed by atoms with Gasteiger partial charge in [0.2, 0.25) is 0 Å². The van der Waals surface area contributed by atoms with Crippen molar-refractivity contribution >= 4 is 0 Å². The Kier molecular flexibility index (Phi) is 2.42. The highest BCUT2D eigenvalue weighted by atomic mass is 16.3. The summed E-state index contributed by atoms with van der Waals surface area (Å²) in [5.41, 5.74) is 2.61. The van der Waals surface area contributed by atoms with Gasteiger partial charge in [-0.25, -0.2) is 0 Å². The molecule has 0 saturated heterocycles. The fourth-order valence-electron chi connectivity index (χ4n) is 2.04. The van der Waals surface area contributed by atoms with Crippen LogP contribution in [0.3, 0.4) is 0 Å². The van der Waals surface area contributed by atoms with Crippen LogP contribution in [0.2, 0.25) is 0 Å². The van der Waals surface area contributed by atoms with Gasteiger partial charge in [0.25, 0.3) is 5.56 Å². The summed E-state index contributed by atoms with van der Waals surface area (Å²) < 4.78 is 0. The van der Waals surface area contributed by atoms with Gasteiger partial charge in [0.1, 0.15) is 0 Å². The first-order valence-corrected chi connectivity index (χ1v) is 5.05. The third-order valence-corrected chi connectivity index (χ3v) is 2.92. The highest BCUT2D eigenvalue weighted by Gasteiger charge is 2.16. The van der Waals surface area contributed by atoms with E-state index in [0.717, 1.165) is 18.5 Å². The second-order valence-electron chi connectivity index (χ2n) is 4.13. The molecule has 0 radical (unpaired) electrons. The molecule has 0 fully saturated rings. The molecule has 0 bridgehead atoms. The zero-order chi connectivity index (χ0) is 10.1. The van der Waals surface area contributed by atoms with Crippen LogP contribution >= 0.6 is 0 Å². The first kappa shape index (κ1) is 9.46. The quantitative estimate of drug-likeness (QED) is 0.699. The van der Waals surface area contributed by atoms with Crippen molar-refractivity contribution in [2.24, 2.45) is 5.92 Å². The lowest BCUT2D eigenvalue weighted by molar-refractivity contribution is 0.279. The van der Waals surface area contributed by atoms with E-state index in [9.17, 15) is 4.79 Å². The van der Waals surface area contributed by atoms with Crippen LogP contribution in [0.25, 0.3) is 0 Å². The van der Waals surface area contributed by atoms with Crippen LogP contribution in [0.4, 0.5) is 0 Å². The summed E-state index contributed by atoms with van der Waals surface area (Å²) in [5, 5.41) is 8.95. The van der Waals surface area contributed by atoms with Crippen LogP contribution in [-0.2, 0) is 19.4 Å². The Bertz CT molecular complexity index is 395. The molecule has 1 unspecified atom stereocenters. The van der Waals surface area contributed by atoms with Crippen LogP contribution in [-0.4, -0.2) is 10.1 Å². The molecule has 0 aliphatic heterocycles. The maximum atomic E-state index is 11.4. The van der Waals surface area contributed by atoms with Crippen molar-refractivity contribution in [3.8, 4) is 0 Å². The molecule has 2 N–H and O–H groups in total. The Morgan fingerprint density at radius 1 is 1.64 bits per heavy atom. The minimum atomic E-state index is -0.168. The maximum Gasteiger partial charge on any atom is 0.253 e. The number of H-pyrrole nitrogens is 1. The molecule has 76 valence electrons. The molecule has 1 atom stereocenters. The summed E-state index contributed by atoms with van der Waals surface area (Å²) in [5.74, 6) is 0.651. The Morgan fingerprint density at radius 2 is 2.43 bits per heavy atom. The Hall–Kier alpha value is -1.09. The van der Waals surface area contributed by atoms with Crippen LogP contribution in [0.5, 0.6) is 0 Å². The van der Waals surface area contributed by atoms with E-state index in [1.165, 1.54) is 12.0 Å². The minimum absolute atomic E-state index is 0.139. The molecule has 1 aliphatic carbocycles. The molecule has 1 aromatic rings. The van der Waals surface area contributed by atoms with Crippen molar-refractivity contribution in [1.82, 2.24) is 4.98 Å². The zero-order valence-corrected chi connectivity index (χ0v) is 8.34. The van der Waals surface area contributed by atoms with E-state index < -0.39 is 0 Å².